The fourth-order valence-electron chi connectivity index (χ4n) is 2.06. The van der Waals surface area contributed by atoms with Crippen molar-refractivity contribution in [1.82, 2.24) is 5.32 Å². The molecule has 1 atom stereocenters. The van der Waals surface area contributed by atoms with E-state index in [1.165, 1.54) is 12.1 Å². The van der Waals surface area contributed by atoms with E-state index in [-0.39, 0.29) is 34.2 Å². The quantitative estimate of drug-likeness (QED) is 0.843. The number of nitrogens with one attached hydrogen (secondary N) is 2. The van der Waals surface area contributed by atoms with Gasteiger partial charge in [0.15, 0.2) is 0 Å². The third-order valence-electron chi connectivity index (χ3n) is 3.05. The summed E-state index contributed by atoms with van der Waals surface area (Å²) < 4.78 is 37.6. The molecule has 0 aromatic heterocycles. The zero-order valence-electron chi connectivity index (χ0n) is 10.9. The van der Waals surface area contributed by atoms with Gasteiger partial charge in [0.1, 0.15) is 0 Å². The molecule has 20 heavy (non-hydrogen) atoms. The monoisotopic (exact) mass is 304 g/mol. The van der Waals surface area contributed by atoms with Crippen molar-refractivity contribution >= 4 is 23.4 Å². The number of anilines is 1. The number of halogens is 3. The maximum absolute atomic E-state index is 12.5. The van der Waals surface area contributed by atoms with Crippen LogP contribution in [-0.2, 0) is 4.79 Å². The Kier molecular flexibility index (Phi) is 4.59. The Labute approximate surface area is 119 Å². The fourth-order valence-corrected chi connectivity index (χ4v) is 2.78. The van der Waals surface area contributed by atoms with Gasteiger partial charge in [-0.25, -0.2) is 0 Å². The third kappa shape index (κ3) is 4.14. The molecule has 3 nitrogen and oxygen atoms in total. The summed E-state index contributed by atoms with van der Waals surface area (Å²) >= 11 is -0.204. The lowest BCUT2D eigenvalue weighted by Gasteiger charge is -2.15. The second-order valence-corrected chi connectivity index (χ2v) is 5.83. The Morgan fingerprint density at radius 3 is 2.80 bits per heavy atom. The zero-order valence-corrected chi connectivity index (χ0v) is 11.7. The van der Waals surface area contributed by atoms with E-state index in [9.17, 15) is 18.0 Å². The van der Waals surface area contributed by atoms with E-state index in [2.05, 4.69) is 10.6 Å². The molecule has 1 unspecified atom stereocenters. The average Bonchev–Trinajstić information content (AvgIpc) is 2.84. The molecule has 1 heterocycles. The molecule has 1 aliphatic rings. The largest absolute Gasteiger partial charge is 0.446 e. The van der Waals surface area contributed by atoms with Crippen molar-refractivity contribution in [3.05, 3.63) is 23.8 Å². The van der Waals surface area contributed by atoms with E-state index in [0.29, 0.717) is 13.0 Å². The summed E-state index contributed by atoms with van der Waals surface area (Å²) in [5.74, 6) is -0.414. The number of carbonyl (C=O) groups excluding carboxylic acids is 1. The summed E-state index contributed by atoms with van der Waals surface area (Å²) in [5, 5.41) is 5.66. The molecule has 1 aromatic carbocycles. The molecular weight excluding hydrogens is 289 g/mol. The topological polar surface area (TPSA) is 41.1 Å². The van der Waals surface area contributed by atoms with Gasteiger partial charge in [0.2, 0.25) is 5.91 Å². The van der Waals surface area contributed by atoms with Crippen LogP contribution in [0.4, 0.5) is 18.9 Å². The molecule has 110 valence electrons. The van der Waals surface area contributed by atoms with E-state index in [4.69, 9.17) is 0 Å². The molecular formula is C13H15F3N2OS. The molecule has 0 spiro atoms. The Hall–Kier alpha value is -1.21. The van der Waals surface area contributed by atoms with Crippen LogP contribution in [-0.4, -0.2) is 24.5 Å². The van der Waals surface area contributed by atoms with Gasteiger partial charge in [0, 0.05) is 11.4 Å². The number of hydrogen-bond donors (Lipinski definition) is 2. The highest BCUT2D eigenvalue weighted by atomic mass is 32.2. The highest BCUT2D eigenvalue weighted by Gasteiger charge is 2.31. The predicted octanol–water partition coefficient (Wildman–Crippen LogP) is 3.15. The molecule has 2 N–H and O–H groups in total. The maximum atomic E-state index is 12.5. The van der Waals surface area contributed by atoms with Gasteiger partial charge in [-0.1, -0.05) is 6.07 Å². The van der Waals surface area contributed by atoms with Gasteiger partial charge in [-0.15, -0.1) is 0 Å². The summed E-state index contributed by atoms with van der Waals surface area (Å²) in [5.41, 5.74) is -3.44. The van der Waals surface area contributed by atoms with Crippen LogP contribution in [0.1, 0.15) is 12.0 Å². The maximum Gasteiger partial charge on any atom is 0.446 e. The first-order chi connectivity index (χ1) is 9.35. The lowest BCUT2D eigenvalue weighted by atomic mass is 10.1. The van der Waals surface area contributed by atoms with Crippen molar-refractivity contribution in [1.29, 1.82) is 0 Å². The van der Waals surface area contributed by atoms with Crippen LogP contribution in [0.3, 0.4) is 0 Å². The van der Waals surface area contributed by atoms with E-state index >= 15 is 0 Å². The molecule has 1 aliphatic heterocycles. The van der Waals surface area contributed by atoms with Gasteiger partial charge in [0.25, 0.3) is 0 Å². The van der Waals surface area contributed by atoms with Crippen LogP contribution in [0.15, 0.2) is 23.1 Å². The standard InChI is InChI=1S/C13H15F3N2OS/c1-8-2-3-10(11(6-8)20-13(14,15)16)18-12(19)9-4-5-17-7-9/h2-3,6,9,17H,4-5,7H2,1H3,(H,18,19). The van der Waals surface area contributed by atoms with Gasteiger partial charge in [-0.3, -0.25) is 4.79 Å². The van der Waals surface area contributed by atoms with Crippen LogP contribution < -0.4 is 10.6 Å². The summed E-state index contributed by atoms with van der Waals surface area (Å²) in [6.07, 6.45) is 0.708. The smallest absolute Gasteiger partial charge is 0.325 e. The first-order valence-corrected chi connectivity index (χ1v) is 7.05. The van der Waals surface area contributed by atoms with Crippen LogP contribution in [0, 0.1) is 12.8 Å². The number of aryl methyl sites for hydroxylation is 1. The molecule has 0 radical (unpaired) electrons. The Bertz CT molecular complexity index is 499. The van der Waals surface area contributed by atoms with Gasteiger partial charge in [0.05, 0.1) is 11.6 Å². The second kappa shape index (κ2) is 6.05. The van der Waals surface area contributed by atoms with Gasteiger partial charge in [-0.2, -0.15) is 13.2 Å². The van der Waals surface area contributed by atoms with Gasteiger partial charge < -0.3 is 10.6 Å². The SMILES string of the molecule is Cc1ccc(NC(=O)C2CCNC2)c(SC(F)(F)F)c1. The molecule has 0 bridgehead atoms. The molecule has 1 fully saturated rings. The zero-order chi connectivity index (χ0) is 14.8. The molecule has 2 rings (SSSR count). The fraction of sp³-hybridized carbons (Fsp3) is 0.462. The van der Waals surface area contributed by atoms with Gasteiger partial charge >= 0.3 is 5.51 Å². The van der Waals surface area contributed by atoms with E-state index < -0.39 is 5.51 Å². The molecule has 0 saturated carbocycles. The lowest BCUT2D eigenvalue weighted by molar-refractivity contribution is -0.119. The predicted molar refractivity (Wildman–Crippen MR) is 72.7 cm³/mol. The summed E-state index contributed by atoms with van der Waals surface area (Å²) in [6, 6.07) is 4.63. The highest BCUT2D eigenvalue weighted by molar-refractivity contribution is 8.00. The highest BCUT2D eigenvalue weighted by Crippen LogP contribution is 2.41. The van der Waals surface area contributed by atoms with Crippen LogP contribution >= 0.6 is 11.8 Å². The van der Waals surface area contributed by atoms with Crippen molar-refractivity contribution in [2.45, 2.75) is 23.7 Å². The van der Waals surface area contributed by atoms with E-state index in [0.717, 1.165) is 12.1 Å². The number of carbonyl (C=O) groups is 1. The van der Waals surface area contributed by atoms with E-state index in [1.54, 1.807) is 13.0 Å². The Morgan fingerprint density at radius 2 is 2.20 bits per heavy atom. The number of amides is 1. The summed E-state index contributed by atoms with van der Waals surface area (Å²) in [7, 11) is 0. The van der Waals surface area contributed by atoms with E-state index in [1.807, 2.05) is 0 Å². The molecule has 1 amide bonds. The number of rotatable bonds is 3. The number of alkyl halides is 3. The summed E-state index contributed by atoms with van der Waals surface area (Å²) in [6.45, 7) is 3.04. The lowest BCUT2D eigenvalue weighted by Crippen LogP contribution is -2.25. The molecule has 7 heteroatoms. The first-order valence-electron chi connectivity index (χ1n) is 6.23. The van der Waals surface area contributed by atoms with Crippen molar-refractivity contribution in [3.8, 4) is 0 Å². The van der Waals surface area contributed by atoms with Crippen LogP contribution in [0.2, 0.25) is 0 Å². The average molecular weight is 304 g/mol. The minimum absolute atomic E-state index is 0.0248. The first kappa shape index (κ1) is 15.2. The van der Waals surface area contributed by atoms with Gasteiger partial charge in [-0.05, 0) is 49.3 Å². The van der Waals surface area contributed by atoms with Crippen LogP contribution in [0.5, 0.6) is 0 Å². The van der Waals surface area contributed by atoms with Crippen molar-refractivity contribution < 1.29 is 18.0 Å². The molecule has 0 aliphatic carbocycles. The normalized spacial score (nSPS) is 19.1. The third-order valence-corrected chi connectivity index (χ3v) is 3.84. The Balaban J connectivity index is 2.15. The number of benzene rings is 1. The van der Waals surface area contributed by atoms with Crippen molar-refractivity contribution in [2.75, 3.05) is 18.4 Å². The Morgan fingerprint density at radius 1 is 1.45 bits per heavy atom. The molecule has 1 saturated heterocycles. The minimum Gasteiger partial charge on any atom is -0.325 e. The number of thioether (sulfide) groups is 1. The minimum atomic E-state index is -4.37. The molecule has 1 aromatic rings. The van der Waals surface area contributed by atoms with Crippen molar-refractivity contribution in [2.24, 2.45) is 5.92 Å². The second-order valence-electron chi connectivity index (χ2n) is 4.73. The van der Waals surface area contributed by atoms with Crippen LogP contribution in [0.25, 0.3) is 0 Å². The van der Waals surface area contributed by atoms with Crippen molar-refractivity contribution in [3.63, 3.8) is 0 Å². The summed E-state index contributed by atoms with van der Waals surface area (Å²) in [4.78, 5) is 12.0. The number of hydrogen-bond acceptors (Lipinski definition) is 3.